The SMILES string of the molecule is [2H]C([2H])([2H])c1ccc2c(n1)oc1c[c-]c(-c3cc(C([2H])([2H])C4CCCCC4)ccn3)cc12.[2H]C([2H])(c1cc(-c2[c-]cccc2)ncc1[Si](C)(C)C)C(C)C.[Ir]. The van der Waals surface area contributed by atoms with Crippen LogP contribution >= 0.6 is 0 Å². The van der Waals surface area contributed by atoms with E-state index in [2.05, 4.69) is 46.7 Å². The summed E-state index contributed by atoms with van der Waals surface area (Å²) in [5.74, 6) is -0.0631. The molecule has 1 aliphatic carbocycles. The number of hydrogen-bond acceptors (Lipinski definition) is 4. The summed E-state index contributed by atoms with van der Waals surface area (Å²) in [6.07, 6.45) is 5.95. The van der Waals surface area contributed by atoms with Gasteiger partial charge in [-0.2, -0.15) is 0 Å². The van der Waals surface area contributed by atoms with Crippen LogP contribution in [0.15, 0.2) is 83.5 Å². The summed E-state index contributed by atoms with van der Waals surface area (Å²) >= 11 is 0. The van der Waals surface area contributed by atoms with Crippen LogP contribution in [0.1, 0.15) is 72.4 Å². The Hall–Kier alpha value is -3.44. The monoisotopic (exact) mass is 837 g/mol. The molecule has 0 unspecified atom stereocenters. The van der Waals surface area contributed by atoms with Gasteiger partial charge in [0, 0.05) is 53.2 Å². The number of aryl methyl sites for hydroxylation is 1. The van der Waals surface area contributed by atoms with Crippen molar-refractivity contribution in [2.75, 3.05) is 0 Å². The van der Waals surface area contributed by atoms with Crippen molar-refractivity contribution in [3.05, 3.63) is 108 Å². The van der Waals surface area contributed by atoms with Crippen LogP contribution in [0.25, 0.3) is 44.6 Å². The quantitative estimate of drug-likeness (QED) is 0.119. The van der Waals surface area contributed by atoms with Crippen molar-refractivity contribution in [1.29, 1.82) is 0 Å². The number of hydrogen-bond donors (Lipinski definition) is 0. The second-order valence-corrected chi connectivity index (χ2v) is 18.7. The van der Waals surface area contributed by atoms with Crippen LogP contribution in [0.3, 0.4) is 0 Å². The van der Waals surface area contributed by atoms with E-state index in [-0.39, 0.29) is 43.3 Å². The minimum absolute atomic E-state index is 0. The number of furan rings is 1. The van der Waals surface area contributed by atoms with Crippen LogP contribution in [0.2, 0.25) is 19.6 Å². The number of pyridine rings is 3. The first kappa shape index (κ1) is 27.4. The van der Waals surface area contributed by atoms with Crippen LogP contribution in [-0.2, 0) is 32.9 Å². The third-order valence-corrected chi connectivity index (χ3v) is 10.4. The Morgan fingerprint density at radius 1 is 0.938 bits per heavy atom. The van der Waals surface area contributed by atoms with E-state index < -0.39 is 27.7 Å². The zero-order valence-electron chi connectivity index (χ0n) is 35.3. The Labute approximate surface area is 311 Å². The number of fused-ring (bicyclic) bond motifs is 3. The fraction of sp³-hybridized carbons (Fsp3) is 0.357. The summed E-state index contributed by atoms with van der Waals surface area (Å²) in [7, 11) is -1.67. The molecule has 0 spiro atoms. The zero-order valence-corrected chi connectivity index (χ0v) is 31.7. The van der Waals surface area contributed by atoms with Gasteiger partial charge in [0.1, 0.15) is 0 Å². The molecule has 1 saturated carbocycles. The molecule has 4 aromatic heterocycles. The molecule has 0 atom stereocenters. The Kier molecular flexibility index (Phi) is 9.04. The average Bonchev–Trinajstić information content (AvgIpc) is 3.52. The Morgan fingerprint density at radius 2 is 1.75 bits per heavy atom. The number of rotatable bonds is 7. The minimum Gasteiger partial charge on any atom is -0.486 e. The number of aromatic nitrogens is 3. The smallest absolute Gasteiger partial charge is 0.216 e. The van der Waals surface area contributed by atoms with E-state index in [9.17, 15) is 0 Å². The molecule has 251 valence electrons. The molecule has 6 heteroatoms. The number of nitrogens with zero attached hydrogens (tertiary/aromatic N) is 3. The van der Waals surface area contributed by atoms with E-state index in [1.807, 2.05) is 62.5 Å². The molecule has 1 radical (unpaired) electrons. The van der Waals surface area contributed by atoms with Crippen LogP contribution in [-0.4, -0.2) is 23.0 Å². The van der Waals surface area contributed by atoms with Crippen molar-refractivity contribution in [2.45, 2.75) is 85.2 Å². The zero-order chi connectivity index (χ0) is 39.1. The standard InChI is InChI=1S/C24H23N2O.C18H24NSi.Ir/c1-16-7-9-20-21-15-19(8-10-23(21)27-24(20)26-16)22-14-18(11-12-25-22)13-17-5-3-2-4-6-17;1-14(2)11-16-12-17(15-9-7-6-8-10-15)19-13-18(16)20(3,4)5;/h7,9-12,14-15,17H,2-6,13H2,1H3;6-9,12-14H,11H2,1-5H3;/q2*-1;/i1D3,13D2;11D2;. The molecule has 6 aromatic rings. The Balaban J connectivity index is 0.000000222. The molecule has 0 aliphatic heterocycles. The van der Waals surface area contributed by atoms with E-state index in [1.165, 1.54) is 12.5 Å². The molecule has 0 N–H and O–H groups in total. The van der Waals surface area contributed by atoms with Gasteiger partial charge in [0.2, 0.25) is 5.71 Å². The van der Waals surface area contributed by atoms with Gasteiger partial charge < -0.3 is 14.4 Å². The fourth-order valence-corrected chi connectivity index (χ4v) is 7.49. The molecular weight excluding hydrogens is 783 g/mol. The molecular formula is C42H47IrN3OSi-2. The topological polar surface area (TPSA) is 51.8 Å². The first-order chi connectivity index (χ1) is 25.4. The molecule has 1 fully saturated rings. The van der Waals surface area contributed by atoms with Crippen molar-refractivity contribution in [1.82, 2.24) is 15.0 Å². The van der Waals surface area contributed by atoms with Gasteiger partial charge in [0.25, 0.3) is 0 Å². The fourth-order valence-electron chi connectivity index (χ4n) is 6.08. The molecule has 0 bridgehead atoms. The van der Waals surface area contributed by atoms with Gasteiger partial charge in [-0.15, -0.1) is 59.7 Å². The van der Waals surface area contributed by atoms with Gasteiger partial charge in [0.15, 0.2) is 0 Å². The van der Waals surface area contributed by atoms with Crippen LogP contribution in [0.5, 0.6) is 0 Å². The predicted octanol–water partition coefficient (Wildman–Crippen LogP) is 10.6. The largest absolute Gasteiger partial charge is 0.486 e. The third kappa shape index (κ3) is 8.77. The molecule has 7 rings (SSSR count). The summed E-state index contributed by atoms with van der Waals surface area (Å²) in [5.41, 5.74) is 5.34. The van der Waals surface area contributed by atoms with Crippen LogP contribution in [0.4, 0.5) is 0 Å². The maximum atomic E-state index is 8.76. The summed E-state index contributed by atoms with van der Waals surface area (Å²) in [6, 6.07) is 26.4. The molecule has 0 saturated heterocycles. The first-order valence-electron chi connectivity index (χ1n) is 20.1. The van der Waals surface area contributed by atoms with Crippen LogP contribution in [0, 0.1) is 30.8 Å². The second kappa shape index (κ2) is 15.8. The minimum atomic E-state index is -2.30. The summed E-state index contributed by atoms with van der Waals surface area (Å²) < 4.78 is 63.1. The molecule has 4 heterocycles. The van der Waals surface area contributed by atoms with E-state index in [0.717, 1.165) is 64.0 Å². The average molecular weight is 837 g/mol. The van der Waals surface area contributed by atoms with Crippen molar-refractivity contribution < 1.29 is 34.1 Å². The van der Waals surface area contributed by atoms with E-state index >= 15 is 0 Å². The van der Waals surface area contributed by atoms with Gasteiger partial charge >= 0.3 is 0 Å². The molecule has 48 heavy (non-hydrogen) atoms. The van der Waals surface area contributed by atoms with Crippen molar-refractivity contribution in [3.63, 3.8) is 0 Å². The van der Waals surface area contributed by atoms with E-state index in [0.29, 0.717) is 16.8 Å². The van der Waals surface area contributed by atoms with Crippen LogP contribution < -0.4 is 5.19 Å². The van der Waals surface area contributed by atoms with Gasteiger partial charge in [-0.05, 0) is 66.2 Å². The number of benzene rings is 2. The van der Waals surface area contributed by atoms with E-state index in [4.69, 9.17) is 14.0 Å². The third-order valence-electron chi connectivity index (χ3n) is 8.42. The van der Waals surface area contributed by atoms with Gasteiger partial charge in [-0.1, -0.05) is 94.2 Å². The van der Waals surface area contributed by atoms with Crippen molar-refractivity contribution in [2.24, 2.45) is 11.8 Å². The van der Waals surface area contributed by atoms with Crippen molar-refractivity contribution in [3.8, 4) is 22.5 Å². The predicted molar refractivity (Wildman–Crippen MR) is 199 cm³/mol. The maximum Gasteiger partial charge on any atom is 0.216 e. The molecule has 1 aliphatic rings. The summed E-state index contributed by atoms with van der Waals surface area (Å²) in [5, 5.41) is 2.61. The maximum absolute atomic E-state index is 8.76. The molecule has 0 amide bonds. The molecule has 4 nitrogen and oxygen atoms in total. The Bertz CT molecular complexity index is 2250. The first-order valence-corrected chi connectivity index (χ1v) is 20.1. The van der Waals surface area contributed by atoms with E-state index in [1.54, 1.807) is 24.4 Å². The molecule has 2 aromatic carbocycles. The van der Waals surface area contributed by atoms with Crippen molar-refractivity contribution >= 4 is 35.3 Å². The normalized spacial score (nSPS) is 16.8. The van der Waals surface area contributed by atoms with Gasteiger partial charge in [-0.25, -0.2) is 4.98 Å². The second-order valence-electron chi connectivity index (χ2n) is 13.6. The van der Waals surface area contributed by atoms with Gasteiger partial charge in [-0.3, -0.25) is 0 Å². The summed E-state index contributed by atoms with van der Waals surface area (Å²) in [4.78, 5) is 13.2. The summed E-state index contributed by atoms with van der Waals surface area (Å²) in [6.45, 7) is 8.27. The van der Waals surface area contributed by atoms with Gasteiger partial charge in [0.05, 0.1) is 13.7 Å². The Morgan fingerprint density at radius 3 is 2.48 bits per heavy atom.